The van der Waals surface area contributed by atoms with E-state index in [4.69, 9.17) is 21.1 Å². The van der Waals surface area contributed by atoms with E-state index in [-0.39, 0.29) is 20.7 Å². The van der Waals surface area contributed by atoms with Gasteiger partial charge in [0.25, 0.3) is 5.56 Å². The lowest BCUT2D eigenvalue weighted by atomic mass is 9.96. The predicted molar refractivity (Wildman–Crippen MR) is 120 cm³/mol. The molecule has 0 aliphatic carbocycles. The number of halogens is 2. The lowest BCUT2D eigenvalue weighted by Crippen LogP contribution is -2.39. The molecule has 0 unspecified atom stereocenters. The maximum atomic E-state index is 14.3. The lowest BCUT2D eigenvalue weighted by molar-refractivity contribution is -0.136. The molecular weight excluding hydrogens is 455 g/mol. The van der Waals surface area contributed by atoms with Crippen LogP contribution in [0.1, 0.15) is 24.1 Å². The van der Waals surface area contributed by atoms with Gasteiger partial charge in [0.1, 0.15) is 11.6 Å². The van der Waals surface area contributed by atoms with Crippen molar-refractivity contribution in [3.63, 3.8) is 0 Å². The zero-order valence-electron chi connectivity index (χ0n) is 17.4. The molecule has 1 atom stereocenters. The molecule has 0 radical (unpaired) electrons. The van der Waals surface area contributed by atoms with Crippen molar-refractivity contribution >= 4 is 35.0 Å². The third kappa shape index (κ3) is 3.76. The molecule has 4 rings (SSSR count). The van der Waals surface area contributed by atoms with E-state index in [1.54, 1.807) is 44.4 Å². The third-order valence-corrected chi connectivity index (χ3v) is 6.45. The molecule has 6 nitrogen and oxygen atoms in total. The average molecular weight is 473 g/mol. The van der Waals surface area contributed by atoms with E-state index >= 15 is 0 Å². The highest BCUT2D eigenvalue weighted by molar-refractivity contribution is 7.07. The molecule has 1 aliphatic heterocycles. The maximum absolute atomic E-state index is 14.3. The summed E-state index contributed by atoms with van der Waals surface area (Å²) in [6.45, 7) is 1.69. The fraction of sp³-hybridized carbons (Fsp3) is 0.174. The van der Waals surface area contributed by atoms with Gasteiger partial charge in [0, 0.05) is 5.56 Å². The molecule has 0 saturated heterocycles. The first-order chi connectivity index (χ1) is 15.3. The van der Waals surface area contributed by atoms with E-state index in [1.807, 2.05) is 0 Å². The van der Waals surface area contributed by atoms with Crippen molar-refractivity contribution in [3.8, 4) is 5.75 Å². The summed E-state index contributed by atoms with van der Waals surface area (Å²) in [4.78, 5) is 30.9. The smallest absolute Gasteiger partial charge is 0.338 e. The minimum atomic E-state index is -0.761. The van der Waals surface area contributed by atoms with Crippen LogP contribution in [0.5, 0.6) is 5.75 Å². The van der Waals surface area contributed by atoms with Gasteiger partial charge in [-0.3, -0.25) is 9.36 Å². The predicted octanol–water partition coefficient (Wildman–Crippen LogP) is 3.21. The Morgan fingerprint density at radius 1 is 1.22 bits per heavy atom. The van der Waals surface area contributed by atoms with Crippen LogP contribution in [0.4, 0.5) is 4.39 Å². The van der Waals surface area contributed by atoms with Crippen molar-refractivity contribution in [3.05, 3.63) is 95.4 Å². The summed E-state index contributed by atoms with van der Waals surface area (Å²) in [6.07, 6.45) is 1.41. The maximum Gasteiger partial charge on any atom is 0.338 e. The number of allylic oxidation sites excluding steroid dienone is 1. The molecule has 1 aromatic heterocycles. The van der Waals surface area contributed by atoms with Gasteiger partial charge in [0.05, 0.1) is 41.1 Å². The molecule has 0 fully saturated rings. The largest absolute Gasteiger partial charge is 0.497 e. The Balaban J connectivity index is 1.99. The normalized spacial score (nSPS) is 15.9. The van der Waals surface area contributed by atoms with E-state index in [0.717, 1.165) is 11.3 Å². The summed E-state index contributed by atoms with van der Waals surface area (Å²) in [5.41, 5.74) is 1.07. The number of hydrogen-bond acceptors (Lipinski definition) is 6. The number of nitrogens with zero attached hydrogens (tertiary/aromatic N) is 2. The summed E-state index contributed by atoms with van der Waals surface area (Å²) in [5.74, 6) is -0.490. The van der Waals surface area contributed by atoms with Crippen molar-refractivity contribution in [1.29, 1.82) is 0 Å². The highest BCUT2D eigenvalue weighted by atomic mass is 35.5. The minimum absolute atomic E-state index is 0.115. The second kappa shape index (κ2) is 8.72. The number of carbonyl (C=O) groups is 1. The van der Waals surface area contributed by atoms with Gasteiger partial charge in [-0.25, -0.2) is 14.2 Å². The molecule has 0 saturated carbocycles. The van der Waals surface area contributed by atoms with Crippen LogP contribution in [0.3, 0.4) is 0 Å². The standard InChI is InChI=1S/C23H18ClFN2O4S/c1-12-19(22(29)31-3)20(13-7-9-14(30-2)10-8-13)27-21(28)18(32-23(27)26-12)11-15-16(24)5-4-6-17(15)25/h4-11,20H,1-3H3/b18-11-/t20-/m0/s1. The summed E-state index contributed by atoms with van der Waals surface area (Å²) in [7, 11) is 2.83. The van der Waals surface area contributed by atoms with E-state index in [0.29, 0.717) is 21.8 Å². The summed E-state index contributed by atoms with van der Waals surface area (Å²) in [5, 5.41) is 0.189. The molecule has 0 amide bonds. The lowest BCUT2D eigenvalue weighted by Gasteiger charge is -2.24. The molecule has 3 aromatic rings. The molecule has 0 bridgehead atoms. The molecule has 0 N–H and O–H groups in total. The van der Waals surface area contributed by atoms with Crippen LogP contribution in [-0.2, 0) is 9.53 Å². The van der Waals surface area contributed by atoms with Crippen molar-refractivity contribution < 1.29 is 18.7 Å². The number of rotatable bonds is 4. The molecule has 0 spiro atoms. The van der Waals surface area contributed by atoms with Gasteiger partial charge >= 0.3 is 5.97 Å². The topological polar surface area (TPSA) is 69.9 Å². The Morgan fingerprint density at radius 2 is 1.94 bits per heavy atom. The highest BCUT2D eigenvalue weighted by Crippen LogP contribution is 2.31. The van der Waals surface area contributed by atoms with Crippen LogP contribution in [0.2, 0.25) is 5.02 Å². The zero-order chi connectivity index (χ0) is 23.0. The SMILES string of the molecule is COC(=O)C1=C(C)N=c2s/c(=C\c3c(F)cccc3Cl)c(=O)n2[C@H]1c1ccc(OC)cc1. The average Bonchev–Trinajstić information content (AvgIpc) is 3.09. The molecule has 9 heteroatoms. The van der Waals surface area contributed by atoms with Crippen LogP contribution in [-0.4, -0.2) is 24.8 Å². The van der Waals surface area contributed by atoms with Gasteiger partial charge in [-0.1, -0.05) is 41.1 Å². The molecule has 2 aromatic carbocycles. The number of thiazole rings is 1. The minimum Gasteiger partial charge on any atom is -0.497 e. The van der Waals surface area contributed by atoms with Crippen molar-refractivity contribution in [2.75, 3.05) is 14.2 Å². The van der Waals surface area contributed by atoms with Crippen LogP contribution < -0.4 is 19.6 Å². The van der Waals surface area contributed by atoms with Crippen molar-refractivity contribution in [2.45, 2.75) is 13.0 Å². The van der Waals surface area contributed by atoms with Gasteiger partial charge < -0.3 is 9.47 Å². The van der Waals surface area contributed by atoms with Crippen LogP contribution >= 0.6 is 22.9 Å². The summed E-state index contributed by atoms with van der Waals surface area (Å²) in [6, 6.07) is 10.6. The first kappa shape index (κ1) is 22.0. The van der Waals surface area contributed by atoms with Gasteiger partial charge in [0.15, 0.2) is 4.80 Å². The van der Waals surface area contributed by atoms with E-state index in [2.05, 4.69) is 4.99 Å². The fourth-order valence-electron chi connectivity index (χ4n) is 3.57. The van der Waals surface area contributed by atoms with Crippen LogP contribution in [0, 0.1) is 5.82 Å². The molecule has 2 heterocycles. The third-order valence-electron chi connectivity index (χ3n) is 5.13. The summed E-state index contributed by atoms with van der Waals surface area (Å²) >= 11 is 7.24. The van der Waals surface area contributed by atoms with Gasteiger partial charge in [-0.2, -0.15) is 0 Å². The Labute approximate surface area is 191 Å². The van der Waals surface area contributed by atoms with Crippen LogP contribution in [0.15, 0.2) is 63.5 Å². The van der Waals surface area contributed by atoms with Gasteiger partial charge in [0.2, 0.25) is 0 Å². The number of methoxy groups -OCH3 is 2. The molecule has 1 aliphatic rings. The number of esters is 1. The second-order valence-electron chi connectivity index (χ2n) is 6.98. The van der Waals surface area contributed by atoms with Gasteiger partial charge in [-0.05, 0) is 42.8 Å². The number of ether oxygens (including phenoxy) is 2. The first-order valence-corrected chi connectivity index (χ1v) is 10.7. The number of hydrogen-bond donors (Lipinski definition) is 0. The zero-order valence-corrected chi connectivity index (χ0v) is 19.0. The Hall–Kier alpha value is -3.23. The van der Waals surface area contributed by atoms with Crippen molar-refractivity contribution in [2.24, 2.45) is 4.99 Å². The van der Waals surface area contributed by atoms with E-state index in [9.17, 15) is 14.0 Å². The number of carbonyl (C=O) groups excluding carboxylic acids is 1. The quantitative estimate of drug-likeness (QED) is 0.547. The first-order valence-electron chi connectivity index (χ1n) is 9.54. The number of benzene rings is 2. The molecule has 164 valence electrons. The van der Waals surface area contributed by atoms with Crippen molar-refractivity contribution in [1.82, 2.24) is 4.57 Å². The number of fused-ring (bicyclic) bond motifs is 1. The highest BCUT2D eigenvalue weighted by Gasteiger charge is 2.33. The Kier molecular flexibility index (Phi) is 5.99. The van der Waals surface area contributed by atoms with Gasteiger partial charge in [-0.15, -0.1) is 0 Å². The molecular formula is C23H18ClFN2O4S. The molecule has 32 heavy (non-hydrogen) atoms. The fourth-order valence-corrected chi connectivity index (χ4v) is 4.82. The van der Waals surface area contributed by atoms with E-state index in [1.165, 1.54) is 29.9 Å². The number of aromatic nitrogens is 1. The van der Waals surface area contributed by atoms with Crippen LogP contribution in [0.25, 0.3) is 6.08 Å². The Morgan fingerprint density at radius 3 is 2.56 bits per heavy atom. The second-order valence-corrected chi connectivity index (χ2v) is 8.40. The Bertz CT molecular complexity index is 1400. The summed E-state index contributed by atoms with van der Waals surface area (Å²) < 4.78 is 26.2. The van der Waals surface area contributed by atoms with E-state index < -0.39 is 23.4 Å². The monoisotopic (exact) mass is 472 g/mol.